The lowest BCUT2D eigenvalue weighted by molar-refractivity contribution is 0.0698. The first kappa shape index (κ1) is 16.1. The SMILES string of the molecule is COc1cc(Cl)cc2cc(C(=O)N3CCOC[C@@H](CO)C3)oc12. The minimum atomic E-state index is -0.233. The van der Waals surface area contributed by atoms with Crippen LogP contribution >= 0.6 is 11.6 Å². The molecule has 0 aliphatic carbocycles. The highest BCUT2D eigenvalue weighted by atomic mass is 35.5. The zero-order valence-electron chi connectivity index (χ0n) is 12.8. The predicted octanol–water partition coefficient (Wildman–Crippen LogP) is 2.18. The molecule has 124 valence electrons. The molecule has 1 aliphatic heterocycles. The molecule has 0 radical (unpaired) electrons. The largest absolute Gasteiger partial charge is 0.493 e. The fraction of sp³-hybridized carbons (Fsp3) is 0.438. The molecule has 0 spiro atoms. The third kappa shape index (κ3) is 3.29. The standard InChI is InChI=1S/C16H18ClNO5/c1-21-13-6-12(17)4-11-5-14(23-15(11)13)16(20)18-2-3-22-9-10(7-18)8-19/h4-6,10,19H,2-3,7-9H2,1H3/t10-/m1/s1. The van der Waals surface area contributed by atoms with Gasteiger partial charge in [-0.25, -0.2) is 0 Å². The Morgan fingerprint density at radius 3 is 3.04 bits per heavy atom. The number of rotatable bonds is 3. The van der Waals surface area contributed by atoms with Crippen LogP contribution in [0.4, 0.5) is 0 Å². The van der Waals surface area contributed by atoms with Crippen molar-refractivity contribution in [3.63, 3.8) is 0 Å². The number of amides is 1. The van der Waals surface area contributed by atoms with Crippen molar-refractivity contribution in [3.05, 3.63) is 29.0 Å². The molecule has 0 saturated carbocycles. The average Bonchev–Trinajstić information content (AvgIpc) is 2.82. The first-order chi connectivity index (χ1) is 11.1. The van der Waals surface area contributed by atoms with Crippen molar-refractivity contribution >= 4 is 28.5 Å². The van der Waals surface area contributed by atoms with Gasteiger partial charge in [0, 0.05) is 42.1 Å². The topological polar surface area (TPSA) is 72.1 Å². The summed E-state index contributed by atoms with van der Waals surface area (Å²) < 4.78 is 16.3. The van der Waals surface area contributed by atoms with Gasteiger partial charge in [0.1, 0.15) is 0 Å². The van der Waals surface area contributed by atoms with Gasteiger partial charge in [0.25, 0.3) is 5.91 Å². The molecule has 1 aromatic carbocycles. The summed E-state index contributed by atoms with van der Waals surface area (Å²) in [6, 6.07) is 5.02. The highest BCUT2D eigenvalue weighted by Crippen LogP contribution is 2.32. The normalized spacial score (nSPS) is 18.9. The van der Waals surface area contributed by atoms with E-state index < -0.39 is 0 Å². The molecule has 23 heavy (non-hydrogen) atoms. The summed E-state index contributed by atoms with van der Waals surface area (Å²) in [6.45, 7) is 1.77. The van der Waals surface area contributed by atoms with Gasteiger partial charge in [0.2, 0.25) is 0 Å². The van der Waals surface area contributed by atoms with Gasteiger partial charge in [-0.3, -0.25) is 4.79 Å². The van der Waals surface area contributed by atoms with Gasteiger partial charge in [-0.05, 0) is 12.1 Å². The van der Waals surface area contributed by atoms with E-state index in [1.165, 1.54) is 7.11 Å². The molecule has 2 heterocycles. The van der Waals surface area contributed by atoms with Crippen LogP contribution in [0, 0.1) is 5.92 Å². The molecule has 1 aliphatic rings. The molecule has 3 rings (SSSR count). The number of methoxy groups -OCH3 is 1. The van der Waals surface area contributed by atoms with Gasteiger partial charge in [-0.2, -0.15) is 0 Å². The zero-order valence-corrected chi connectivity index (χ0v) is 13.5. The molecule has 7 heteroatoms. The van der Waals surface area contributed by atoms with E-state index in [1.807, 2.05) is 0 Å². The number of benzene rings is 1. The van der Waals surface area contributed by atoms with Crippen LogP contribution < -0.4 is 4.74 Å². The number of aliphatic hydroxyl groups excluding tert-OH is 1. The van der Waals surface area contributed by atoms with E-state index >= 15 is 0 Å². The van der Waals surface area contributed by atoms with Gasteiger partial charge in [-0.1, -0.05) is 11.6 Å². The van der Waals surface area contributed by atoms with Crippen LogP contribution in [0.2, 0.25) is 5.02 Å². The van der Waals surface area contributed by atoms with Crippen LogP contribution in [-0.2, 0) is 4.74 Å². The fourth-order valence-electron chi connectivity index (χ4n) is 2.67. The van der Waals surface area contributed by atoms with Gasteiger partial charge < -0.3 is 23.9 Å². The number of nitrogens with zero attached hydrogens (tertiary/aromatic N) is 1. The molecular weight excluding hydrogens is 322 g/mol. The second kappa shape index (κ2) is 6.78. The Kier molecular flexibility index (Phi) is 4.75. The lowest BCUT2D eigenvalue weighted by Gasteiger charge is -2.21. The van der Waals surface area contributed by atoms with Crippen molar-refractivity contribution in [3.8, 4) is 5.75 Å². The van der Waals surface area contributed by atoms with Crippen molar-refractivity contribution < 1.29 is 23.8 Å². The lowest BCUT2D eigenvalue weighted by atomic mass is 10.1. The number of ether oxygens (including phenoxy) is 2. The highest BCUT2D eigenvalue weighted by Gasteiger charge is 2.26. The van der Waals surface area contributed by atoms with E-state index in [0.717, 1.165) is 0 Å². The highest BCUT2D eigenvalue weighted by molar-refractivity contribution is 6.31. The number of hydrogen-bond donors (Lipinski definition) is 1. The van der Waals surface area contributed by atoms with Crippen molar-refractivity contribution in [2.45, 2.75) is 0 Å². The first-order valence-electron chi connectivity index (χ1n) is 7.37. The summed E-state index contributed by atoms with van der Waals surface area (Å²) in [5.74, 6) is 0.385. The Labute approximate surface area is 138 Å². The summed E-state index contributed by atoms with van der Waals surface area (Å²) in [6.07, 6.45) is 0. The molecule has 1 atom stereocenters. The molecule has 1 amide bonds. The third-order valence-corrected chi connectivity index (χ3v) is 4.08. The second-order valence-corrected chi connectivity index (χ2v) is 5.95. The molecule has 1 aromatic heterocycles. The second-order valence-electron chi connectivity index (χ2n) is 5.51. The smallest absolute Gasteiger partial charge is 0.289 e. The number of carbonyl (C=O) groups is 1. The van der Waals surface area contributed by atoms with Gasteiger partial charge in [0.15, 0.2) is 17.1 Å². The minimum Gasteiger partial charge on any atom is -0.493 e. The summed E-state index contributed by atoms with van der Waals surface area (Å²) >= 11 is 6.04. The quantitative estimate of drug-likeness (QED) is 0.928. The van der Waals surface area contributed by atoms with Crippen molar-refractivity contribution in [2.75, 3.05) is 40.0 Å². The predicted molar refractivity (Wildman–Crippen MR) is 85.1 cm³/mol. The van der Waals surface area contributed by atoms with Gasteiger partial charge >= 0.3 is 0 Å². The summed E-state index contributed by atoms with van der Waals surface area (Å²) in [5, 5.41) is 10.5. The minimum absolute atomic E-state index is 0.0205. The Balaban J connectivity index is 1.91. The van der Waals surface area contributed by atoms with Crippen molar-refractivity contribution in [1.82, 2.24) is 4.90 Å². The number of furan rings is 1. The van der Waals surface area contributed by atoms with Crippen LogP contribution in [-0.4, -0.2) is 55.9 Å². The molecule has 0 unspecified atom stereocenters. The van der Waals surface area contributed by atoms with Gasteiger partial charge in [0.05, 0.1) is 20.3 Å². The van der Waals surface area contributed by atoms with E-state index in [1.54, 1.807) is 23.1 Å². The molecule has 6 nitrogen and oxygen atoms in total. The number of fused-ring (bicyclic) bond motifs is 1. The van der Waals surface area contributed by atoms with E-state index in [4.69, 9.17) is 25.5 Å². The van der Waals surface area contributed by atoms with E-state index in [-0.39, 0.29) is 24.2 Å². The maximum Gasteiger partial charge on any atom is 0.289 e. The van der Waals surface area contributed by atoms with Crippen LogP contribution in [0.15, 0.2) is 22.6 Å². The monoisotopic (exact) mass is 339 g/mol. The molecule has 1 N–H and O–H groups in total. The number of aliphatic hydroxyl groups is 1. The van der Waals surface area contributed by atoms with Gasteiger partial charge in [-0.15, -0.1) is 0 Å². The molecule has 2 aromatic rings. The fourth-order valence-corrected chi connectivity index (χ4v) is 2.89. The van der Waals surface area contributed by atoms with E-state index in [9.17, 15) is 9.90 Å². The van der Waals surface area contributed by atoms with Crippen molar-refractivity contribution in [1.29, 1.82) is 0 Å². The Morgan fingerprint density at radius 1 is 1.48 bits per heavy atom. The van der Waals surface area contributed by atoms with Crippen LogP contribution in [0.25, 0.3) is 11.0 Å². The number of carbonyl (C=O) groups excluding carboxylic acids is 1. The van der Waals surface area contributed by atoms with Crippen LogP contribution in [0.1, 0.15) is 10.6 Å². The van der Waals surface area contributed by atoms with E-state index in [2.05, 4.69) is 0 Å². The summed E-state index contributed by atoms with van der Waals surface area (Å²) in [7, 11) is 1.52. The Morgan fingerprint density at radius 2 is 2.30 bits per heavy atom. The number of hydrogen-bond acceptors (Lipinski definition) is 5. The van der Waals surface area contributed by atoms with Crippen molar-refractivity contribution in [2.24, 2.45) is 5.92 Å². The lowest BCUT2D eigenvalue weighted by Crippen LogP contribution is -2.36. The Bertz CT molecular complexity index is 714. The van der Waals surface area contributed by atoms with E-state index in [0.29, 0.717) is 48.0 Å². The maximum atomic E-state index is 12.7. The van der Waals surface area contributed by atoms with Crippen LogP contribution in [0.3, 0.4) is 0 Å². The first-order valence-corrected chi connectivity index (χ1v) is 7.75. The number of halogens is 1. The molecule has 0 bridgehead atoms. The average molecular weight is 340 g/mol. The summed E-state index contributed by atoms with van der Waals surface area (Å²) in [5.41, 5.74) is 0.491. The Hall–Kier alpha value is -1.76. The van der Waals surface area contributed by atoms with Crippen LogP contribution in [0.5, 0.6) is 5.75 Å². The summed E-state index contributed by atoms with van der Waals surface area (Å²) in [4.78, 5) is 14.3. The molecule has 1 saturated heterocycles. The zero-order chi connectivity index (χ0) is 16.4. The molecular formula is C16H18ClNO5. The third-order valence-electron chi connectivity index (χ3n) is 3.86. The molecule has 1 fully saturated rings. The maximum absolute atomic E-state index is 12.7.